The molecule has 0 bridgehead atoms. The first-order valence-electron chi connectivity index (χ1n) is 7.37. The summed E-state index contributed by atoms with van der Waals surface area (Å²) in [5.41, 5.74) is 0.0593. The number of rotatable bonds is 3. The van der Waals surface area contributed by atoms with Gasteiger partial charge in [0.1, 0.15) is 5.54 Å². The molecule has 2 fully saturated rings. The Hall–Kier alpha value is -2.90. The number of amides is 1. The molecule has 1 aromatic carbocycles. The highest BCUT2D eigenvalue weighted by Crippen LogP contribution is 2.45. The summed E-state index contributed by atoms with van der Waals surface area (Å²) in [5.74, 6) is 0.462. The standard InChI is InChI=1S/C15H14N4O4/c20-13-15(4-5-15)18(7-6-16-13)14-17-9-12(23-14)10-2-1-3-11(8-10)19(21)22/h1-3,8-9H,4-7H2,(H,16,20). The molecular formula is C15H14N4O4. The van der Waals surface area contributed by atoms with Crippen LogP contribution in [0.3, 0.4) is 0 Å². The van der Waals surface area contributed by atoms with E-state index in [2.05, 4.69) is 10.3 Å². The maximum Gasteiger partial charge on any atom is 0.298 e. The summed E-state index contributed by atoms with van der Waals surface area (Å²) < 4.78 is 5.78. The van der Waals surface area contributed by atoms with Crippen molar-refractivity contribution in [1.82, 2.24) is 10.3 Å². The third-order valence-corrected chi connectivity index (χ3v) is 4.35. The second kappa shape index (κ2) is 4.80. The molecule has 8 nitrogen and oxygen atoms in total. The number of hydrogen-bond donors (Lipinski definition) is 1. The average Bonchev–Trinajstić information content (AvgIpc) is 3.18. The molecule has 1 aliphatic carbocycles. The molecule has 2 heterocycles. The van der Waals surface area contributed by atoms with Crippen molar-refractivity contribution < 1.29 is 14.1 Å². The number of aromatic nitrogens is 1. The van der Waals surface area contributed by atoms with Gasteiger partial charge in [-0.1, -0.05) is 12.1 Å². The Bertz CT molecular complexity index is 796. The second-order valence-corrected chi connectivity index (χ2v) is 5.75. The number of hydrogen-bond acceptors (Lipinski definition) is 6. The lowest BCUT2D eigenvalue weighted by Gasteiger charge is -2.34. The summed E-state index contributed by atoms with van der Waals surface area (Å²) in [7, 11) is 0. The zero-order chi connectivity index (χ0) is 16.0. The number of carbonyl (C=O) groups is 1. The minimum Gasteiger partial charge on any atom is -0.423 e. The lowest BCUT2D eigenvalue weighted by atomic mass is 10.1. The van der Waals surface area contributed by atoms with Gasteiger partial charge in [0, 0.05) is 30.8 Å². The molecule has 2 aromatic rings. The molecule has 1 amide bonds. The fourth-order valence-electron chi connectivity index (χ4n) is 2.97. The molecule has 1 saturated carbocycles. The Morgan fingerprint density at radius 3 is 2.96 bits per heavy atom. The van der Waals surface area contributed by atoms with Gasteiger partial charge in [-0.2, -0.15) is 0 Å². The van der Waals surface area contributed by atoms with Crippen LogP contribution >= 0.6 is 0 Å². The number of nitrogens with one attached hydrogen (secondary N) is 1. The van der Waals surface area contributed by atoms with E-state index in [-0.39, 0.29) is 11.6 Å². The SMILES string of the molecule is O=C1NCCN(c2ncc(-c3cccc([N+](=O)[O-])c3)o2)C12CC2. The maximum absolute atomic E-state index is 12.1. The Kier molecular flexibility index (Phi) is 2.87. The summed E-state index contributed by atoms with van der Waals surface area (Å²) in [6.07, 6.45) is 3.11. The van der Waals surface area contributed by atoms with E-state index in [1.54, 1.807) is 12.1 Å². The third-order valence-electron chi connectivity index (χ3n) is 4.35. The van der Waals surface area contributed by atoms with Crippen LogP contribution < -0.4 is 10.2 Å². The van der Waals surface area contributed by atoms with E-state index < -0.39 is 10.5 Å². The van der Waals surface area contributed by atoms with Crippen molar-refractivity contribution >= 4 is 17.6 Å². The van der Waals surface area contributed by atoms with Gasteiger partial charge in [-0.05, 0) is 12.8 Å². The minimum atomic E-state index is -0.525. The molecule has 1 spiro atoms. The predicted molar refractivity (Wildman–Crippen MR) is 80.9 cm³/mol. The Labute approximate surface area is 131 Å². The highest BCUT2D eigenvalue weighted by atomic mass is 16.6. The summed E-state index contributed by atoms with van der Waals surface area (Å²) in [6, 6.07) is 6.59. The van der Waals surface area contributed by atoms with Crippen LogP contribution in [0.15, 0.2) is 34.9 Å². The maximum atomic E-state index is 12.1. The van der Waals surface area contributed by atoms with Crippen molar-refractivity contribution in [2.45, 2.75) is 18.4 Å². The lowest BCUT2D eigenvalue weighted by molar-refractivity contribution is -0.384. The van der Waals surface area contributed by atoms with Gasteiger partial charge in [-0.15, -0.1) is 0 Å². The van der Waals surface area contributed by atoms with E-state index in [1.165, 1.54) is 18.3 Å². The van der Waals surface area contributed by atoms with Crippen molar-refractivity contribution in [3.05, 3.63) is 40.6 Å². The van der Waals surface area contributed by atoms with E-state index in [1.807, 2.05) is 4.90 Å². The van der Waals surface area contributed by atoms with Crippen molar-refractivity contribution in [2.75, 3.05) is 18.0 Å². The number of carbonyl (C=O) groups excluding carboxylic acids is 1. The van der Waals surface area contributed by atoms with Gasteiger partial charge < -0.3 is 14.6 Å². The number of piperazine rings is 1. The number of nitro groups is 1. The number of non-ortho nitro benzene ring substituents is 1. The molecular weight excluding hydrogens is 300 g/mol. The molecule has 8 heteroatoms. The smallest absolute Gasteiger partial charge is 0.298 e. The van der Waals surface area contributed by atoms with Crippen LogP contribution in [0.2, 0.25) is 0 Å². The average molecular weight is 314 g/mol. The lowest BCUT2D eigenvalue weighted by Crippen LogP contribution is -2.57. The van der Waals surface area contributed by atoms with E-state index in [9.17, 15) is 14.9 Å². The van der Waals surface area contributed by atoms with Crippen LogP contribution in [0.4, 0.5) is 11.7 Å². The van der Waals surface area contributed by atoms with Gasteiger partial charge in [0.05, 0.1) is 11.1 Å². The number of benzene rings is 1. The van der Waals surface area contributed by atoms with E-state index in [0.29, 0.717) is 30.4 Å². The molecule has 23 heavy (non-hydrogen) atoms. The zero-order valence-electron chi connectivity index (χ0n) is 12.2. The predicted octanol–water partition coefficient (Wildman–Crippen LogP) is 1.72. The second-order valence-electron chi connectivity index (χ2n) is 5.75. The van der Waals surface area contributed by atoms with E-state index >= 15 is 0 Å². The first-order chi connectivity index (χ1) is 11.1. The van der Waals surface area contributed by atoms with Gasteiger partial charge in [0.2, 0.25) is 5.91 Å². The minimum absolute atomic E-state index is 0.00327. The summed E-state index contributed by atoms with van der Waals surface area (Å²) in [6.45, 7) is 1.19. The summed E-state index contributed by atoms with van der Waals surface area (Å²) >= 11 is 0. The molecule has 0 atom stereocenters. The van der Waals surface area contributed by atoms with Crippen LogP contribution in [0.25, 0.3) is 11.3 Å². The van der Waals surface area contributed by atoms with Gasteiger partial charge >= 0.3 is 0 Å². The summed E-state index contributed by atoms with van der Waals surface area (Å²) in [5, 5.41) is 13.7. The number of oxazole rings is 1. The zero-order valence-corrected chi connectivity index (χ0v) is 12.2. The molecule has 0 unspecified atom stereocenters. The molecule has 118 valence electrons. The number of nitro benzene ring substituents is 1. The quantitative estimate of drug-likeness (QED) is 0.683. The Morgan fingerprint density at radius 1 is 1.39 bits per heavy atom. The highest BCUT2D eigenvalue weighted by molar-refractivity contribution is 5.93. The Morgan fingerprint density at radius 2 is 2.22 bits per heavy atom. The van der Waals surface area contributed by atoms with Gasteiger partial charge in [0.15, 0.2) is 5.76 Å². The number of anilines is 1. The summed E-state index contributed by atoms with van der Waals surface area (Å²) in [4.78, 5) is 28.7. The normalized spacial score (nSPS) is 18.8. The fraction of sp³-hybridized carbons (Fsp3) is 0.333. The van der Waals surface area contributed by atoms with Crippen LogP contribution in [0, 0.1) is 10.1 Å². The topological polar surface area (TPSA) is 102 Å². The molecule has 1 aromatic heterocycles. The number of nitrogens with zero attached hydrogens (tertiary/aromatic N) is 3. The van der Waals surface area contributed by atoms with Crippen molar-refractivity contribution in [3.63, 3.8) is 0 Å². The van der Waals surface area contributed by atoms with E-state index in [4.69, 9.17) is 4.42 Å². The van der Waals surface area contributed by atoms with Crippen molar-refractivity contribution in [1.29, 1.82) is 0 Å². The van der Waals surface area contributed by atoms with Gasteiger partial charge in [-0.25, -0.2) is 4.98 Å². The largest absolute Gasteiger partial charge is 0.423 e. The monoisotopic (exact) mass is 314 g/mol. The molecule has 1 N–H and O–H groups in total. The van der Waals surface area contributed by atoms with Crippen LogP contribution in [-0.2, 0) is 4.79 Å². The van der Waals surface area contributed by atoms with Crippen LogP contribution in [0.5, 0.6) is 0 Å². The van der Waals surface area contributed by atoms with Crippen molar-refractivity contribution in [3.8, 4) is 11.3 Å². The molecule has 1 aliphatic heterocycles. The van der Waals surface area contributed by atoms with Crippen molar-refractivity contribution in [2.24, 2.45) is 0 Å². The van der Waals surface area contributed by atoms with Gasteiger partial charge in [0.25, 0.3) is 11.7 Å². The third kappa shape index (κ3) is 2.14. The molecule has 2 aliphatic rings. The molecule has 0 radical (unpaired) electrons. The van der Waals surface area contributed by atoms with Gasteiger partial charge in [-0.3, -0.25) is 14.9 Å². The van der Waals surface area contributed by atoms with Crippen LogP contribution in [0.1, 0.15) is 12.8 Å². The highest BCUT2D eigenvalue weighted by Gasteiger charge is 2.57. The first kappa shape index (κ1) is 13.7. The molecule has 4 rings (SSSR count). The van der Waals surface area contributed by atoms with Crippen LogP contribution in [-0.4, -0.2) is 34.4 Å². The molecule has 1 saturated heterocycles. The van der Waals surface area contributed by atoms with E-state index in [0.717, 1.165) is 12.8 Å². The Balaban J connectivity index is 1.66. The first-order valence-corrected chi connectivity index (χ1v) is 7.37. The fourth-order valence-corrected chi connectivity index (χ4v) is 2.97.